The summed E-state index contributed by atoms with van der Waals surface area (Å²) in [6.07, 6.45) is -0.649. The van der Waals surface area contributed by atoms with Crippen LogP contribution in [0.1, 0.15) is 33.6 Å². The van der Waals surface area contributed by atoms with Crippen molar-refractivity contribution in [1.29, 1.82) is 0 Å². The van der Waals surface area contributed by atoms with E-state index in [-0.39, 0.29) is 12.8 Å². The normalized spacial score (nSPS) is 31.3. The van der Waals surface area contributed by atoms with Crippen LogP contribution < -0.4 is 5.32 Å². The molecule has 4 amide bonds. The number of nitrogens with one attached hydrogen (secondary N) is 1. The molecule has 1 saturated heterocycles. The number of amides is 4. The van der Waals surface area contributed by atoms with Gasteiger partial charge in [-0.3, -0.25) is 10.1 Å². The van der Waals surface area contributed by atoms with Crippen molar-refractivity contribution in [1.82, 2.24) is 10.2 Å². The summed E-state index contributed by atoms with van der Waals surface area (Å²) >= 11 is 0. The molecule has 18 heavy (non-hydrogen) atoms. The zero-order valence-corrected chi connectivity index (χ0v) is 10.4. The Morgan fingerprint density at radius 2 is 2.11 bits per heavy atom. The second-order valence-electron chi connectivity index (χ2n) is 5.53. The van der Waals surface area contributed by atoms with Gasteiger partial charge >= 0.3 is 12.1 Å². The largest absolute Gasteiger partial charge is 0.443 e. The predicted octanol–water partition coefficient (Wildman–Crippen LogP) is 1.34. The molecule has 0 aromatic rings. The van der Waals surface area contributed by atoms with Gasteiger partial charge < -0.3 is 4.74 Å². The Bertz CT molecular complexity index is 431. The summed E-state index contributed by atoms with van der Waals surface area (Å²) in [6, 6.07) is -1.97. The number of carbonyl (C=O) groups is 3. The topological polar surface area (TPSA) is 75.7 Å². The third-order valence-corrected chi connectivity index (χ3v) is 3.03. The van der Waals surface area contributed by atoms with Gasteiger partial charge in [0.05, 0.1) is 6.04 Å². The summed E-state index contributed by atoms with van der Waals surface area (Å²) in [7, 11) is 0. The molecule has 2 atom stereocenters. The zero-order valence-electron chi connectivity index (χ0n) is 10.4. The van der Waals surface area contributed by atoms with E-state index in [1.807, 2.05) is 5.32 Å². The molecule has 0 radical (unpaired) electrons. The van der Waals surface area contributed by atoms with Gasteiger partial charge in [0.15, 0.2) is 0 Å². The summed E-state index contributed by atoms with van der Waals surface area (Å²) in [5.41, 5.74) is -2.95. The minimum Gasteiger partial charge on any atom is -0.443 e. The lowest BCUT2D eigenvalue weighted by Gasteiger charge is -2.49. The fourth-order valence-corrected chi connectivity index (χ4v) is 2.05. The number of hydrogen-bond acceptors (Lipinski definition) is 4. The van der Waals surface area contributed by atoms with Crippen LogP contribution in [0.4, 0.5) is 14.0 Å². The smallest absolute Gasteiger partial charge is 0.418 e. The van der Waals surface area contributed by atoms with Gasteiger partial charge in [0, 0.05) is 0 Å². The van der Waals surface area contributed by atoms with E-state index in [0.717, 1.165) is 0 Å². The van der Waals surface area contributed by atoms with Crippen molar-refractivity contribution >= 4 is 18.0 Å². The lowest BCUT2D eigenvalue weighted by Crippen LogP contribution is -2.74. The Morgan fingerprint density at radius 3 is 2.56 bits per heavy atom. The number of fused-ring (bicyclic) bond motifs is 1. The second kappa shape index (κ2) is 3.66. The maximum atomic E-state index is 14.1. The molecule has 0 spiro atoms. The fourth-order valence-electron chi connectivity index (χ4n) is 2.05. The van der Waals surface area contributed by atoms with Crippen LogP contribution in [0.15, 0.2) is 0 Å². The van der Waals surface area contributed by atoms with E-state index in [9.17, 15) is 18.8 Å². The molecule has 7 heteroatoms. The van der Waals surface area contributed by atoms with E-state index in [4.69, 9.17) is 4.74 Å². The Labute approximate surface area is 103 Å². The SMILES string of the molecule is CC(C)(C)OC(=O)N1C(=O)NC(=O)[C@@]2(F)CC[C@@H]12. The first-order valence-corrected chi connectivity index (χ1v) is 5.72. The first kappa shape index (κ1) is 12.8. The average Bonchev–Trinajstić information content (AvgIpc) is 2.17. The number of rotatable bonds is 0. The van der Waals surface area contributed by atoms with Crippen LogP contribution >= 0.6 is 0 Å². The van der Waals surface area contributed by atoms with Gasteiger partial charge in [0.2, 0.25) is 5.67 Å². The number of nitrogens with zero attached hydrogens (tertiary/aromatic N) is 1. The van der Waals surface area contributed by atoms with Crippen LogP contribution in [0.3, 0.4) is 0 Å². The van der Waals surface area contributed by atoms with E-state index in [1.165, 1.54) is 0 Å². The number of halogens is 1. The minimum atomic E-state index is -2.16. The van der Waals surface area contributed by atoms with Crippen molar-refractivity contribution in [2.75, 3.05) is 0 Å². The Hall–Kier alpha value is -1.66. The van der Waals surface area contributed by atoms with Crippen LogP contribution in [-0.4, -0.2) is 40.2 Å². The number of urea groups is 1. The molecule has 1 saturated carbocycles. The summed E-state index contributed by atoms with van der Waals surface area (Å²) in [5.74, 6) is -0.969. The van der Waals surface area contributed by atoms with Crippen LogP contribution in [-0.2, 0) is 9.53 Å². The third kappa shape index (κ3) is 1.83. The number of alkyl halides is 1. The monoisotopic (exact) mass is 258 g/mol. The quantitative estimate of drug-likeness (QED) is 0.711. The molecule has 0 unspecified atom stereocenters. The van der Waals surface area contributed by atoms with Gasteiger partial charge in [-0.2, -0.15) is 0 Å². The molecule has 6 nitrogen and oxygen atoms in total. The van der Waals surface area contributed by atoms with Crippen molar-refractivity contribution in [3.05, 3.63) is 0 Å². The van der Waals surface area contributed by atoms with Crippen molar-refractivity contribution in [3.8, 4) is 0 Å². The first-order chi connectivity index (χ1) is 8.15. The van der Waals surface area contributed by atoms with Gasteiger partial charge in [0.25, 0.3) is 5.91 Å². The van der Waals surface area contributed by atoms with Crippen molar-refractivity contribution in [2.24, 2.45) is 0 Å². The Morgan fingerprint density at radius 1 is 1.50 bits per heavy atom. The first-order valence-electron chi connectivity index (χ1n) is 5.72. The molecule has 0 aromatic carbocycles. The highest BCUT2D eigenvalue weighted by molar-refractivity contribution is 6.08. The standard InChI is InChI=1S/C11H15FN2O4/c1-10(2,3)18-9(17)14-6-4-5-11(6,12)7(15)13-8(14)16/h6H,4-5H2,1-3H3,(H,13,15,16)/t6-,11-/m1/s1. The van der Waals surface area contributed by atoms with E-state index in [2.05, 4.69) is 0 Å². The molecule has 1 N–H and O–H groups in total. The van der Waals surface area contributed by atoms with Crippen molar-refractivity contribution in [3.63, 3.8) is 0 Å². The number of ether oxygens (including phenoxy) is 1. The highest BCUT2D eigenvalue weighted by Crippen LogP contribution is 2.42. The number of carbonyl (C=O) groups excluding carboxylic acids is 3. The van der Waals surface area contributed by atoms with Crippen molar-refractivity contribution < 1.29 is 23.5 Å². The van der Waals surface area contributed by atoms with Gasteiger partial charge in [-0.25, -0.2) is 18.9 Å². The summed E-state index contributed by atoms with van der Waals surface area (Å²) in [6.45, 7) is 4.92. The lowest BCUT2D eigenvalue weighted by molar-refractivity contribution is -0.149. The molecular weight excluding hydrogens is 243 g/mol. The highest BCUT2D eigenvalue weighted by Gasteiger charge is 2.63. The number of imide groups is 2. The summed E-state index contributed by atoms with van der Waals surface area (Å²) in [5, 5.41) is 1.84. The Kier molecular flexibility index (Phi) is 2.60. The zero-order chi connectivity index (χ0) is 13.7. The maximum absolute atomic E-state index is 14.1. The molecule has 1 aliphatic heterocycles. The Balaban J connectivity index is 2.20. The molecule has 2 fully saturated rings. The molecular formula is C11H15FN2O4. The van der Waals surface area contributed by atoms with Crippen LogP contribution in [0, 0.1) is 0 Å². The molecule has 0 bridgehead atoms. The van der Waals surface area contributed by atoms with Crippen LogP contribution in [0.25, 0.3) is 0 Å². The van der Waals surface area contributed by atoms with E-state index in [0.29, 0.717) is 4.90 Å². The van der Waals surface area contributed by atoms with Crippen molar-refractivity contribution in [2.45, 2.75) is 50.9 Å². The maximum Gasteiger partial charge on any atom is 0.418 e. The molecule has 0 aromatic heterocycles. The molecule has 1 aliphatic carbocycles. The fraction of sp³-hybridized carbons (Fsp3) is 0.727. The molecule has 2 rings (SSSR count). The summed E-state index contributed by atoms with van der Waals surface area (Å²) < 4.78 is 19.2. The minimum absolute atomic E-state index is 0.01000. The van der Waals surface area contributed by atoms with E-state index in [1.54, 1.807) is 20.8 Å². The molecule has 100 valence electrons. The van der Waals surface area contributed by atoms with Crippen LogP contribution in [0.2, 0.25) is 0 Å². The van der Waals surface area contributed by atoms with Gasteiger partial charge in [-0.05, 0) is 33.6 Å². The summed E-state index contributed by atoms with van der Waals surface area (Å²) in [4.78, 5) is 35.4. The van der Waals surface area contributed by atoms with E-state index < -0.39 is 35.3 Å². The number of hydrogen-bond donors (Lipinski definition) is 1. The predicted molar refractivity (Wildman–Crippen MR) is 58.5 cm³/mol. The second-order valence-corrected chi connectivity index (χ2v) is 5.53. The molecule has 2 aliphatic rings. The third-order valence-electron chi connectivity index (χ3n) is 3.03. The van der Waals surface area contributed by atoms with Crippen LogP contribution in [0.5, 0.6) is 0 Å². The van der Waals surface area contributed by atoms with E-state index >= 15 is 0 Å². The van der Waals surface area contributed by atoms with Gasteiger partial charge in [-0.1, -0.05) is 0 Å². The average molecular weight is 258 g/mol. The van der Waals surface area contributed by atoms with Gasteiger partial charge in [0.1, 0.15) is 5.60 Å². The molecule has 1 heterocycles. The van der Waals surface area contributed by atoms with Gasteiger partial charge in [-0.15, -0.1) is 0 Å². The lowest BCUT2D eigenvalue weighted by atomic mass is 9.73. The highest BCUT2D eigenvalue weighted by atomic mass is 19.1.